The molecule has 2 aliphatic rings. The van der Waals surface area contributed by atoms with Gasteiger partial charge in [0.25, 0.3) is 5.91 Å². The zero-order valence-electron chi connectivity index (χ0n) is 18.0. The van der Waals surface area contributed by atoms with Crippen LogP contribution in [0.4, 0.5) is 5.82 Å². The molecule has 1 aromatic carbocycles. The minimum absolute atomic E-state index is 0.0550. The van der Waals surface area contributed by atoms with Crippen LogP contribution in [0, 0.1) is 0 Å². The summed E-state index contributed by atoms with van der Waals surface area (Å²) in [7, 11) is 1.68. The third-order valence-electron chi connectivity index (χ3n) is 5.57. The monoisotopic (exact) mass is 442 g/mol. The van der Waals surface area contributed by atoms with E-state index in [1.807, 2.05) is 30.3 Å². The lowest BCUT2D eigenvalue weighted by molar-refractivity contribution is 0.0858. The molecule has 8 heteroatoms. The first-order chi connectivity index (χ1) is 15.2. The number of aromatic nitrogens is 2. The van der Waals surface area contributed by atoms with Crippen molar-refractivity contribution in [2.75, 3.05) is 38.3 Å². The summed E-state index contributed by atoms with van der Waals surface area (Å²) in [4.78, 5) is 24.1. The van der Waals surface area contributed by atoms with Gasteiger partial charge in [0.2, 0.25) is 0 Å². The molecule has 166 valence electrons. The fraction of sp³-hybridized carbons (Fsp3) is 0.522. The molecular formula is C23H30N4O3S. The van der Waals surface area contributed by atoms with E-state index in [0.29, 0.717) is 18.7 Å². The lowest BCUT2D eigenvalue weighted by Crippen LogP contribution is -2.31. The predicted molar refractivity (Wildman–Crippen MR) is 122 cm³/mol. The topological polar surface area (TPSA) is 76.6 Å². The highest BCUT2D eigenvalue weighted by Crippen LogP contribution is 2.25. The molecule has 2 aromatic rings. The number of nitrogens with one attached hydrogen (secondary N) is 1. The molecule has 1 aromatic heterocycles. The summed E-state index contributed by atoms with van der Waals surface area (Å²) >= 11 is 1.61. The van der Waals surface area contributed by atoms with Gasteiger partial charge in [-0.25, -0.2) is 9.97 Å². The molecule has 3 heterocycles. The van der Waals surface area contributed by atoms with Gasteiger partial charge >= 0.3 is 0 Å². The van der Waals surface area contributed by atoms with E-state index in [-0.39, 0.29) is 12.0 Å². The molecule has 2 aliphatic heterocycles. The predicted octanol–water partition coefficient (Wildman–Crippen LogP) is 3.42. The van der Waals surface area contributed by atoms with Crippen molar-refractivity contribution >= 4 is 23.5 Å². The molecule has 7 nitrogen and oxygen atoms in total. The van der Waals surface area contributed by atoms with Crippen molar-refractivity contribution in [1.82, 2.24) is 15.3 Å². The van der Waals surface area contributed by atoms with Crippen LogP contribution in [0.5, 0.6) is 0 Å². The van der Waals surface area contributed by atoms with Crippen LogP contribution in [0.15, 0.2) is 35.5 Å². The standard InChI is InChI=1S/C23H30N4O3S/c1-29-15-19-13-21(27-10-2-3-11-27)26-23(25-19)31-16-17-6-8-18(9-7-17)22(28)24-14-20-5-4-12-30-20/h6-9,13,20H,2-5,10-12,14-16H2,1H3,(H,24,28). The molecule has 0 bridgehead atoms. The van der Waals surface area contributed by atoms with Crippen LogP contribution in [0.1, 0.15) is 47.3 Å². The molecule has 1 amide bonds. The van der Waals surface area contributed by atoms with Crippen molar-refractivity contribution < 1.29 is 14.3 Å². The summed E-state index contributed by atoms with van der Waals surface area (Å²) < 4.78 is 10.8. The Labute approximate surface area is 187 Å². The number of carbonyl (C=O) groups excluding carboxylic acids is 1. The third-order valence-corrected chi connectivity index (χ3v) is 6.48. The van der Waals surface area contributed by atoms with Gasteiger partial charge in [-0.05, 0) is 43.4 Å². The lowest BCUT2D eigenvalue weighted by Gasteiger charge is -2.17. The number of rotatable bonds is 9. The summed E-state index contributed by atoms with van der Waals surface area (Å²) in [6, 6.07) is 9.77. The van der Waals surface area contributed by atoms with Gasteiger partial charge in [-0.15, -0.1) is 0 Å². The maximum atomic E-state index is 12.3. The van der Waals surface area contributed by atoms with Crippen molar-refractivity contribution in [3.05, 3.63) is 47.2 Å². The first-order valence-electron chi connectivity index (χ1n) is 10.9. The largest absolute Gasteiger partial charge is 0.378 e. The van der Waals surface area contributed by atoms with Gasteiger partial charge in [0.1, 0.15) is 5.82 Å². The van der Waals surface area contributed by atoms with Crippen LogP contribution < -0.4 is 10.2 Å². The number of anilines is 1. The van der Waals surface area contributed by atoms with Crippen molar-refractivity contribution in [1.29, 1.82) is 0 Å². The Kier molecular flexibility index (Phi) is 7.77. The van der Waals surface area contributed by atoms with E-state index >= 15 is 0 Å². The highest BCUT2D eigenvalue weighted by Gasteiger charge is 2.17. The molecular weight excluding hydrogens is 412 g/mol. The molecule has 0 spiro atoms. The van der Waals surface area contributed by atoms with Crippen molar-refractivity contribution in [3.8, 4) is 0 Å². The lowest BCUT2D eigenvalue weighted by atomic mass is 10.1. The second-order valence-electron chi connectivity index (χ2n) is 7.96. The summed E-state index contributed by atoms with van der Waals surface area (Å²) in [6.07, 6.45) is 4.66. The zero-order chi connectivity index (χ0) is 21.5. The summed E-state index contributed by atoms with van der Waals surface area (Å²) in [5.41, 5.74) is 2.70. The van der Waals surface area contributed by atoms with Gasteiger partial charge in [-0.3, -0.25) is 4.79 Å². The molecule has 2 saturated heterocycles. The number of amides is 1. The van der Waals surface area contributed by atoms with Gasteiger partial charge in [-0.2, -0.15) is 0 Å². The number of nitrogens with zero attached hydrogens (tertiary/aromatic N) is 3. The molecule has 1 atom stereocenters. The van der Waals surface area contributed by atoms with Crippen LogP contribution in [-0.2, 0) is 21.8 Å². The minimum atomic E-state index is -0.0550. The van der Waals surface area contributed by atoms with Crippen LogP contribution >= 0.6 is 11.8 Å². The fourth-order valence-corrected chi connectivity index (χ4v) is 4.70. The maximum Gasteiger partial charge on any atom is 0.251 e. The second kappa shape index (κ2) is 10.9. The average Bonchev–Trinajstić information content (AvgIpc) is 3.51. The molecule has 1 N–H and O–H groups in total. The Balaban J connectivity index is 1.34. The quantitative estimate of drug-likeness (QED) is 0.471. The number of ether oxygens (including phenoxy) is 2. The van der Waals surface area contributed by atoms with Crippen molar-refractivity contribution in [3.63, 3.8) is 0 Å². The highest BCUT2D eigenvalue weighted by atomic mass is 32.2. The Hall–Kier alpha value is -2.16. The number of thioether (sulfide) groups is 1. The Bertz CT molecular complexity index is 866. The number of carbonyl (C=O) groups is 1. The first-order valence-corrected chi connectivity index (χ1v) is 11.9. The Morgan fingerprint density at radius 1 is 1.23 bits per heavy atom. The molecule has 31 heavy (non-hydrogen) atoms. The van der Waals surface area contributed by atoms with Crippen molar-refractivity contribution in [2.24, 2.45) is 0 Å². The highest BCUT2D eigenvalue weighted by molar-refractivity contribution is 7.98. The van der Waals surface area contributed by atoms with Gasteiger partial charge in [0.05, 0.1) is 18.4 Å². The van der Waals surface area contributed by atoms with Gasteiger partial charge in [0, 0.05) is 50.7 Å². The van der Waals surface area contributed by atoms with E-state index in [1.165, 1.54) is 12.8 Å². The summed E-state index contributed by atoms with van der Waals surface area (Å²) in [5, 5.41) is 3.72. The van der Waals surface area contributed by atoms with E-state index < -0.39 is 0 Å². The van der Waals surface area contributed by atoms with Crippen molar-refractivity contribution in [2.45, 2.75) is 49.3 Å². The molecule has 1 unspecified atom stereocenters. The average molecular weight is 443 g/mol. The van der Waals surface area contributed by atoms with Gasteiger partial charge in [0.15, 0.2) is 5.16 Å². The van der Waals surface area contributed by atoms with E-state index in [1.54, 1.807) is 18.9 Å². The minimum Gasteiger partial charge on any atom is -0.378 e. The normalized spacial score (nSPS) is 18.5. The Morgan fingerprint density at radius 3 is 2.74 bits per heavy atom. The zero-order valence-corrected chi connectivity index (χ0v) is 18.8. The number of methoxy groups -OCH3 is 1. The molecule has 0 aliphatic carbocycles. The van der Waals surface area contributed by atoms with E-state index in [0.717, 1.165) is 60.5 Å². The Morgan fingerprint density at radius 2 is 2.03 bits per heavy atom. The van der Waals surface area contributed by atoms with Crippen LogP contribution in [-0.4, -0.2) is 55.3 Å². The second-order valence-corrected chi connectivity index (χ2v) is 8.90. The number of hydrogen-bond donors (Lipinski definition) is 1. The van der Waals surface area contributed by atoms with E-state index in [2.05, 4.69) is 15.2 Å². The van der Waals surface area contributed by atoms with E-state index in [9.17, 15) is 4.79 Å². The smallest absolute Gasteiger partial charge is 0.251 e. The maximum absolute atomic E-state index is 12.3. The van der Waals surface area contributed by atoms with Crippen LogP contribution in [0.3, 0.4) is 0 Å². The molecule has 4 rings (SSSR count). The molecule has 0 radical (unpaired) electrons. The van der Waals surface area contributed by atoms with Gasteiger partial charge < -0.3 is 19.7 Å². The summed E-state index contributed by atoms with van der Waals surface area (Å²) in [5.74, 6) is 1.68. The SMILES string of the molecule is COCc1cc(N2CCCC2)nc(SCc2ccc(C(=O)NCC3CCCO3)cc2)n1. The first kappa shape index (κ1) is 22.0. The van der Waals surface area contributed by atoms with E-state index in [4.69, 9.17) is 14.5 Å². The van der Waals surface area contributed by atoms with Crippen LogP contribution in [0.2, 0.25) is 0 Å². The summed E-state index contributed by atoms with van der Waals surface area (Å²) in [6.45, 7) is 3.94. The third kappa shape index (κ3) is 6.18. The molecule has 2 fully saturated rings. The van der Waals surface area contributed by atoms with Gasteiger partial charge in [-0.1, -0.05) is 23.9 Å². The van der Waals surface area contributed by atoms with Crippen LogP contribution in [0.25, 0.3) is 0 Å². The molecule has 0 saturated carbocycles. The fourth-order valence-electron chi connectivity index (χ4n) is 3.87. The number of benzene rings is 1. The number of hydrogen-bond acceptors (Lipinski definition) is 7.